The minimum atomic E-state index is -0.162. The molecule has 1 aromatic rings. The molecule has 0 aromatic heterocycles. The summed E-state index contributed by atoms with van der Waals surface area (Å²) in [5.74, 6) is -0.322. The molecule has 0 N–H and O–H groups in total. The van der Waals surface area contributed by atoms with Crippen molar-refractivity contribution in [2.75, 3.05) is 0 Å². The molecule has 1 aromatic carbocycles. The van der Waals surface area contributed by atoms with Gasteiger partial charge in [0.05, 0.1) is 0 Å². The van der Waals surface area contributed by atoms with Crippen LogP contribution in [0.15, 0.2) is 54.7 Å². The quantitative estimate of drug-likeness (QED) is 0.773. The summed E-state index contributed by atoms with van der Waals surface area (Å²) in [5.41, 5.74) is 2.52. The Hall–Kier alpha value is -2.22. The highest BCUT2D eigenvalue weighted by molar-refractivity contribution is 6.28. The van der Waals surface area contributed by atoms with Crippen molar-refractivity contribution in [2.45, 2.75) is 6.92 Å². The van der Waals surface area contributed by atoms with Crippen molar-refractivity contribution in [3.8, 4) is 0 Å². The van der Waals surface area contributed by atoms with E-state index in [0.29, 0.717) is 22.3 Å². The summed E-state index contributed by atoms with van der Waals surface area (Å²) in [6.07, 6.45) is 2.84. The standard InChI is InChI=1S/C15H12O2/c1-4-10-11(5-2)15(17)13-8-9(3)6-7-12(13)14(10)16/h4-8H,1-2H2,3H3. The lowest BCUT2D eigenvalue weighted by atomic mass is 9.83. The SMILES string of the molecule is C=CC1=C(C=C)C(=O)c2cc(C)ccc2C1=O. The first-order valence-electron chi connectivity index (χ1n) is 5.29. The summed E-state index contributed by atoms with van der Waals surface area (Å²) >= 11 is 0. The van der Waals surface area contributed by atoms with Gasteiger partial charge in [-0.1, -0.05) is 43.0 Å². The third-order valence-electron chi connectivity index (χ3n) is 2.85. The van der Waals surface area contributed by atoms with E-state index in [1.54, 1.807) is 12.1 Å². The molecule has 2 rings (SSSR count). The van der Waals surface area contributed by atoms with Gasteiger partial charge in [-0.15, -0.1) is 0 Å². The van der Waals surface area contributed by atoms with E-state index in [9.17, 15) is 9.59 Å². The molecular weight excluding hydrogens is 212 g/mol. The largest absolute Gasteiger partial charge is 0.289 e. The zero-order chi connectivity index (χ0) is 12.6. The molecule has 0 fully saturated rings. The molecule has 1 aliphatic rings. The molecule has 2 nitrogen and oxygen atoms in total. The van der Waals surface area contributed by atoms with Gasteiger partial charge >= 0.3 is 0 Å². The van der Waals surface area contributed by atoms with Crippen LogP contribution in [0.4, 0.5) is 0 Å². The fourth-order valence-electron chi connectivity index (χ4n) is 1.98. The van der Waals surface area contributed by atoms with Crippen LogP contribution in [0.3, 0.4) is 0 Å². The maximum absolute atomic E-state index is 12.2. The van der Waals surface area contributed by atoms with Crippen molar-refractivity contribution in [3.63, 3.8) is 0 Å². The van der Waals surface area contributed by atoms with E-state index in [0.717, 1.165) is 5.56 Å². The Kier molecular flexibility index (Phi) is 2.64. The van der Waals surface area contributed by atoms with Crippen LogP contribution in [0.25, 0.3) is 0 Å². The predicted molar refractivity (Wildman–Crippen MR) is 67.3 cm³/mol. The summed E-state index contributed by atoms with van der Waals surface area (Å²) in [4.78, 5) is 24.3. The van der Waals surface area contributed by atoms with Gasteiger partial charge in [0.25, 0.3) is 0 Å². The first-order chi connectivity index (χ1) is 8.10. The topological polar surface area (TPSA) is 34.1 Å². The molecule has 0 radical (unpaired) electrons. The summed E-state index contributed by atoms with van der Waals surface area (Å²) < 4.78 is 0. The monoisotopic (exact) mass is 224 g/mol. The highest BCUT2D eigenvalue weighted by atomic mass is 16.1. The van der Waals surface area contributed by atoms with Crippen molar-refractivity contribution in [2.24, 2.45) is 0 Å². The molecule has 2 heteroatoms. The molecule has 1 aliphatic carbocycles. The number of benzene rings is 1. The molecule has 0 amide bonds. The number of hydrogen-bond acceptors (Lipinski definition) is 2. The van der Waals surface area contributed by atoms with E-state index < -0.39 is 0 Å². The van der Waals surface area contributed by atoms with Crippen LogP contribution in [0.2, 0.25) is 0 Å². The minimum Gasteiger partial charge on any atom is -0.289 e. The Balaban J connectivity index is 2.76. The first kappa shape index (κ1) is 11.3. The number of ketones is 2. The number of carbonyl (C=O) groups excluding carboxylic acids is 2. The average Bonchev–Trinajstić information content (AvgIpc) is 2.33. The molecule has 0 heterocycles. The molecule has 0 saturated heterocycles. The summed E-state index contributed by atoms with van der Waals surface area (Å²) in [7, 11) is 0. The third kappa shape index (κ3) is 1.58. The highest BCUT2D eigenvalue weighted by Crippen LogP contribution is 2.28. The zero-order valence-corrected chi connectivity index (χ0v) is 9.62. The number of fused-ring (bicyclic) bond motifs is 1. The Bertz CT molecular complexity index is 589. The lowest BCUT2D eigenvalue weighted by molar-refractivity contribution is 0.0980. The second-order valence-corrected chi connectivity index (χ2v) is 3.94. The van der Waals surface area contributed by atoms with Gasteiger partial charge in [0.2, 0.25) is 0 Å². The molecule has 0 saturated carbocycles. The molecule has 0 aliphatic heterocycles. The van der Waals surface area contributed by atoms with E-state index in [-0.39, 0.29) is 11.6 Å². The van der Waals surface area contributed by atoms with Gasteiger partial charge in [0, 0.05) is 22.3 Å². The van der Waals surface area contributed by atoms with Crippen molar-refractivity contribution in [1.29, 1.82) is 0 Å². The van der Waals surface area contributed by atoms with E-state index >= 15 is 0 Å². The number of rotatable bonds is 2. The number of carbonyl (C=O) groups is 2. The molecule has 0 bridgehead atoms. The molecule has 0 unspecified atom stereocenters. The van der Waals surface area contributed by atoms with Crippen LogP contribution in [0.5, 0.6) is 0 Å². The molecule has 0 atom stereocenters. The maximum Gasteiger partial charge on any atom is 0.194 e. The van der Waals surface area contributed by atoms with Crippen LogP contribution in [0.1, 0.15) is 26.3 Å². The Morgan fingerprint density at radius 1 is 0.941 bits per heavy atom. The third-order valence-corrected chi connectivity index (χ3v) is 2.85. The van der Waals surface area contributed by atoms with Crippen LogP contribution < -0.4 is 0 Å². The van der Waals surface area contributed by atoms with Crippen molar-refractivity contribution in [3.05, 3.63) is 71.3 Å². The normalized spacial score (nSPS) is 14.6. The van der Waals surface area contributed by atoms with E-state index in [2.05, 4.69) is 13.2 Å². The second kappa shape index (κ2) is 3.98. The van der Waals surface area contributed by atoms with Crippen molar-refractivity contribution >= 4 is 11.6 Å². The number of aryl methyl sites for hydroxylation is 1. The summed E-state index contributed by atoms with van der Waals surface area (Å²) in [5, 5.41) is 0. The predicted octanol–water partition coefficient (Wildman–Crippen LogP) is 3.04. The van der Waals surface area contributed by atoms with Gasteiger partial charge in [-0.2, -0.15) is 0 Å². The maximum atomic E-state index is 12.2. The van der Waals surface area contributed by atoms with Crippen molar-refractivity contribution in [1.82, 2.24) is 0 Å². The smallest absolute Gasteiger partial charge is 0.194 e. The van der Waals surface area contributed by atoms with Crippen LogP contribution in [-0.2, 0) is 0 Å². The number of hydrogen-bond donors (Lipinski definition) is 0. The van der Waals surface area contributed by atoms with Crippen LogP contribution in [0, 0.1) is 6.92 Å². The van der Waals surface area contributed by atoms with Crippen LogP contribution in [-0.4, -0.2) is 11.6 Å². The Morgan fingerprint density at radius 3 is 2.00 bits per heavy atom. The van der Waals surface area contributed by atoms with Gasteiger partial charge in [-0.25, -0.2) is 0 Å². The second-order valence-electron chi connectivity index (χ2n) is 3.94. The number of Topliss-reactive ketones (excluding diaryl/α,β-unsaturated/α-hetero) is 2. The highest BCUT2D eigenvalue weighted by Gasteiger charge is 2.28. The van der Waals surface area contributed by atoms with Gasteiger partial charge in [-0.05, 0) is 13.0 Å². The average molecular weight is 224 g/mol. The Labute approximate surface area is 100.0 Å². The molecule has 17 heavy (non-hydrogen) atoms. The zero-order valence-electron chi connectivity index (χ0n) is 9.62. The van der Waals surface area contributed by atoms with E-state index in [1.165, 1.54) is 12.2 Å². The fourth-order valence-corrected chi connectivity index (χ4v) is 1.98. The lowest BCUT2D eigenvalue weighted by Gasteiger charge is -2.17. The Morgan fingerprint density at radius 2 is 1.47 bits per heavy atom. The van der Waals surface area contributed by atoms with E-state index in [1.807, 2.05) is 13.0 Å². The summed E-state index contributed by atoms with van der Waals surface area (Å²) in [6.45, 7) is 9.05. The summed E-state index contributed by atoms with van der Waals surface area (Å²) in [6, 6.07) is 5.25. The first-order valence-corrected chi connectivity index (χ1v) is 5.29. The van der Waals surface area contributed by atoms with Gasteiger partial charge in [-0.3, -0.25) is 9.59 Å². The van der Waals surface area contributed by atoms with E-state index in [4.69, 9.17) is 0 Å². The van der Waals surface area contributed by atoms with Crippen molar-refractivity contribution < 1.29 is 9.59 Å². The van der Waals surface area contributed by atoms with Gasteiger partial charge < -0.3 is 0 Å². The molecular formula is C15H12O2. The number of allylic oxidation sites excluding steroid dienone is 4. The fraction of sp³-hybridized carbons (Fsp3) is 0.0667. The van der Waals surface area contributed by atoms with Gasteiger partial charge in [0.1, 0.15) is 0 Å². The minimum absolute atomic E-state index is 0.159. The van der Waals surface area contributed by atoms with Crippen LogP contribution >= 0.6 is 0 Å². The molecule has 84 valence electrons. The van der Waals surface area contributed by atoms with Gasteiger partial charge in [0.15, 0.2) is 11.6 Å². The molecule has 0 spiro atoms. The lowest BCUT2D eigenvalue weighted by Crippen LogP contribution is -2.20.